The summed E-state index contributed by atoms with van der Waals surface area (Å²) >= 11 is 5.77. The summed E-state index contributed by atoms with van der Waals surface area (Å²) in [5.74, 6) is -0.710. The van der Waals surface area contributed by atoms with E-state index >= 15 is 0 Å². The first-order valence-electron chi connectivity index (χ1n) is 8.30. The number of aliphatic hydroxyl groups excluding tert-OH is 1. The van der Waals surface area contributed by atoms with E-state index in [1.54, 1.807) is 4.90 Å². The Morgan fingerprint density at radius 1 is 1.21 bits per heavy atom. The Hall–Kier alpha value is -1.21. The van der Waals surface area contributed by atoms with Crippen molar-refractivity contribution in [3.8, 4) is 0 Å². The van der Waals surface area contributed by atoms with Crippen molar-refractivity contribution in [2.45, 2.75) is 25.0 Å². The normalized spacial score (nSPS) is 26.2. The van der Waals surface area contributed by atoms with E-state index in [1.165, 1.54) is 18.2 Å². The van der Waals surface area contributed by atoms with Crippen molar-refractivity contribution in [1.82, 2.24) is 9.80 Å². The third-order valence-corrected chi connectivity index (χ3v) is 5.09. The number of amides is 1. The Bertz CT molecular complexity index is 595. The predicted molar refractivity (Wildman–Crippen MR) is 88.7 cm³/mol. The number of halogens is 2. The molecule has 1 aromatic carbocycles. The molecule has 1 aromatic rings. The van der Waals surface area contributed by atoms with Crippen LogP contribution in [0.15, 0.2) is 18.2 Å². The van der Waals surface area contributed by atoms with Crippen molar-refractivity contribution < 1.29 is 19.0 Å². The third kappa shape index (κ3) is 3.88. The van der Waals surface area contributed by atoms with Crippen LogP contribution < -0.4 is 0 Å². The van der Waals surface area contributed by atoms with E-state index in [2.05, 4.69) is 4.90 Å². The summed E-state index contributed by atoms with van der Waals surface area (Å²) in [6, 6.07) is 4.06. The molecule has 0 radical (unpaired) electrons. The molecule has 2 aliphatic heterocycles. The lowest BCUT2D eigenvalue weighted by molar-refractivity contribution is -0.0222. The van der Waals surface area contributed by atoms with Crippen molar-refractivity contribution >= 4 is 17.5 Å². The Morgan fingerprint density at radius 3 is 2.62 bits per heavy atom. The molecule has 5 nitrogen and oxygen atoms in total. The van der Waals surface area contributed by atoms with Gasteiger partial charge in [0.25, 0.3) is 5.91 Å². The number of carbonyl (C=O) groups excluding carboxylic acids is 1. The van der Waals surface area contributed by atoms with Gasteiger partial charge in [0.15, 0.2) is 0 Å². The number of morpholine rings is 1. The zero-order valence-electron chi connectivity index (χ0n) is 13.5. The highest BCUT2D eigenvalue weighted by Crippen LogP contribution is 2.22. The van der Waals surface area contributed by atoms with E-state index in [0.29, 0.717) is 44.7 Å². The largest absolute Gasteiger partial charge is 0.391 e. The van der Waals surface area contributed by atoms with Crippen molar-refractivity contribution in [2.24, 2.45) is 0 Å². The number of hydrogen-bond donors (Lipinski definition) is 1. The molecule has 7 heteroatoms. The zero-order valence-corrected chi connectivity index (χ0v) is 14.2. The molecular formula is C17H22ClFN2O3. The number of aliphatic hydroxyl groups is 1. The second kappa shape index (κ2) is 7.78. The molecule has 1 amide bonds. The number of nitrogens with zero attached hydrogens (tertiary/aromatic N) is 2. The molecule has 0 bridgehead atoms. The van der Waals surface area contributed by atoms with Gasteiger partial charge in [-0.3, -0.25) is 9.69 Å². The minimum atomic E-state index is -0.535. The Morgan fingerprint density at radius 2 is 1.92 bits per heavy atom. The number of hydrogen-bond acceptors (Lipinski definition) is 4. The smallest absolute Gasteiger partial charge is 0.253 e. The van der Waals surface area contributed by atoms with E-state index in [-0.39, 0.29) is 17.0 Å². The Kier molecular flexibility index (Phi) is 5.71. The molecule has 24 heavy (non-hydrogen) atoms. The first kappa shape index (κ1) is 17.6. The molecule has 2 heterocycles. The maximum absolute atomic E-state index is 13.3. The van der Waals surface area contributed by atoms with E-state index in [4.69, 9.17) is 16.3 Å². The second-order valence-electron chi connectivity index (χ2n) is 6.28. The molecule has 2 atom stereocenters. The van der Waals surface area contributed by atoms with E-state index in [9.17, 15) is 14.3 Å². The minimum Gasteiger partial charge on any atom is -0.391 e. The van der Waals surface area contributed by atoms with Crippen molar-refractivity contribution in [2.75, 3.05) is 39.4 Å². The molecule has 0 aliphatic carbocycles. The van der Waals surface area contributed by atoms with Crippen LogP contribution in [0.2, 0.25) is 5.02 Å². The van der Waals surface area contributed by atoms with Gasteiger partial charge in [-0.05, 0) is 31.0 Å². The van der Waals surface area contributed by atoms with E-state index in [1.807, 2.05) is 0 Å². The summed E-state index contributed by atoms with van der Waals surface area (Å²) < 4.78 is 18.6. The van der Waals surface area contributed by atoms with Crippen LogP contribution in [0.4, 0.5) is 4.39 Å². The summed E-state index contributed by atoms with van der Waals surface area (Å²) in [6.07, 6.45) is 0.780. The molecule has 0 aromatic heterocycles. The molecule has 0 spiro atoms. The topological polar surface area (TPSA) is 53.0 Å². The lowest BCUT2D eigenvalue weighted by Gasteiger charge is -2.36. The van der Waals surface area contributed by atoms with Gasteiger partial charge in [-0.15, -0.1) is 0 Å². The van der Waals surface area contributed by atoms with Crippen LogP contribution in [-0.4, -0.2) is 72.4 Å². The first-order chi connectivity index (χ1) is 11.6. The van der Waals surface area contributed by atoms with Crippen LogP contribution in [0.25, 0.3) is 0 Å². The molecule has 132 valence electrons. The molecule has 2 fully saturated rings. The van der Waals surface area contributed by atoms with Gasteiger partial charge >= 0.3 is 0 Å². The molecule has 2 aliphatic rings. The fraction of sp³-hybridized carbons (Fsp3) is 0.588. The summed E-state index contributed by atoms with van der Waals surface area (Å²) in [5.41, 5.74) is 0.376. The van der Waals surface area contributed by atoms with Crippen molar-refractivity contribution in [3.05, 3.63) is 34.6 Å². The monoisotopic (exact) mass is 356 g/mol. The summed E-state index contributed by atoms with van der Waals surface area (Å²) in [5, 5.41) is 10.4. The van der Waals surface area contributed by atoms with Crippen molar-refractivity contribution in [1.29, 1.82) is 0 Å². The minimum absolute atomic E-state index is 0.0449. The summed E-state index contributed by atoms with van der Waals surface area (Å²) in [4.78, 5) is 16.6. The quantitative estimate of drug-likeness (QED) is 0.877. The standard InChI is InChI=1S/C17H22ClFN2O3/c18-13-11-12(1-2-14(13)19)17(23)21-5-3-15(16(22)4-6-21)20-7-9-24-10-8-20/h1-2,11,15-16,22H,3-10H2/t15-,16-/m0/s1. The maximum Gasteiger partial charge on any atom is 0.253 e. The predicted octanol–water partition coefficient (Wildman–Crippen LogP) is 1.78. The molecule has 3 rings (SSSR count). The maximum atomic E-state index is 13.3. The van der Waals surface area contributed by atoms with Gasteiger partial charge < -0.3 is 14.7 Å². The van der Waals surface area contributed by atoms with Gasteiger partial charge in [-0.1, -0.05) is 11.6 Å². The van der Waals surface area contributed by atoms with Gasteiger partial charge in [0, 0.05) is 37.8 Å². The highest BCUT2D eigenvalue weighted by Gasteiger charge is 2.32. The second-order valence-corrected chi connectivity index (χ2v) is 6.69. The third-order valence-electron chi connectivity index (χ3n) is 4.80. The first-order valence-corrected chi connectivity index (χ1v) is 8.68. The SMILES string of the molecule is O=C(c1ccc(F)c(Cl)c1)N1CC[C@H](O)[C@@H](N2CCOCC2)CC1. The lowest BCUT2D eigenvalue weighted by Crippen LogP contribution is -2.49. The number of rotatable bonds is 2. The van der Waals surface area contributed by atoms with Crippen LogP contribution in [0.1, 0.15) is 23.2 Å². The van der Waals surface area contributed by atoms with Crippen LogP contribution in [0.3, 0.4) is 0 Å². The van der Waals surface area contributed by atoms with Crippen LogP contribution in [0.5, 0.6) is 0 Å². The zero-order chi connectivity index (χ0) is 17.1. The van der Waals surface area contributed by atoms with Crippen LogP contribution >= 0.6 is 11.6 Å². The number of likely N-dealkylation sites (tertiary alicyclic amines) is 1. The lowest BCUT2D eigenvalue weighted by atomic mass is 10.0. The average molecular weight is 357 g/mol. The molecule has 1 N–H and O–H groups in total. The van der Waals surface area contributed by atoms with Gasteiger partial charge in [0.2, 0.25) is 0 Å². The molecular weight excluding hydrogens is 335 g/mol. The Labute approximate surface area is 145 Å². The molecule has 0 saturated carbocycles. The summed E-state index contributed by atoms with van der Waals surface area (Å²) in [7, 11) is 0. The molecule has 2 saturated heterocycles. The molecule has 0 unspecified atom stereocenters. The average Bonchev–Trinajstić information content (AvgIpc) is 2.79. The fourth-order valence-electron chi connectivity index (χ4n) is 3.42. The number of benzene rings is 1. The van der Waals surface area contributed by atoms with Gasteiger partial charge in [-0.25, -0.2) is 4.39 Å². The van der Waals surface area contributed by atoms with Crippen molar-refractivity contribution in [3.63, 3.8) is 0 Å². The van der Waals surface area contributed by atoms with Crippen LogP contribution in [-0.2, 0) is 4.74 Å². The van der Waals surface area contributed by atoms with Gasteiger partial charge in [0.05, 0.1) is 24.3 Å². The highest BCUT2D eigenvalue weighted by atomic mass is 35.5. The Balaban J connectivity index is 1.67. The highest BCUT2D eigenvalue weighted by molar-refractivity contribution is 6.31. The summed E-state index contributed by atoms with van der Waals surface area (Å²) in [6.45, 7) is 4.02. The van der Waals surface area contributed by atoms with E-state index < -0.39 is 11.9 Å². The van der Waals surface area contributed by atoms with E-state index in [0.717, 1.165) is 13.1 Å². The number of ether oxygens (including phenoxy) is 1. The van der Waals surface area contributed by atoms with Gasteiger partial charge in [0.1, 0.15) is 5.82 Å². The van der Waals surface area contributed by atoms with Gasteiger partial charge in [-0.2, -0.15) is 0 Å². The number of carbonyl (C=O) groups is 1. The van der Waals surface area contributed by atoms with Crippen LogP contribution in [0, 0.1) is 5.82 Å². The fourth-order valence-corrected chi connectivity index (χ4v) is 3.60.